The number of hydrogen-bond donors (Lipinski definition) is 4. The molecule has 2 fully saturated rings. The largest absolute Gasteiger partial charge is 0.490 e. The van der Waals surface area contributed by atoms with E-state index < -0.39 is 7.12 Å². The van der Waals surface area contributed by atoms with Gasteiger partial charge >= 0.3 is 7.12 Å². The summed E-state index contributed by atoms with van der Waals surface area (Å²) >= 11 is 5.71. The van der Waals surface area contributed by atoms with Crippen LogP contribution in [0, 0.1) is 13.8 Å². The Morgan fingerprint density at radius 2 is 1.36 bits per heavy atom. The zero-order valence-electron chi connectivity index (χ0n) is 23.4. The van der Waals surface area contributed by atoms with Gasteiger partial charge in [0.25, 0.3) is 0 Å². The lowest BCUT2D eigenvalue weighted by molar-refractivity contribution is 0.425. The first-order chi connectivity index (χ1) is 20.3. The zero-order valence-corrected chi connectivity index (χ0v) is 24.2. The van der Waals surface area contributed by atoms with Crippen LogP contribution >= 0.6 is 11.6 Å². The molecule has 4 aliphatic rings. The third-order valence-electron chi connectivity index (χ3n) is 7.65. The molecule has 4 aromatic heterocycles. The quantitative estimate of drug-likeness (QED) is 0.201. The summed E-state index contributed by atoms with van der Waals surface area (Å²) in [7, 11) is -1.41. The van der Waals surface area contributed by atoms with Gasteiger partial charge in [-0.15, -0.1) is 0 Å². The topological polar surface area (TPSA) is 148 Å². The molecular formula is C28H32BClN10O2. The van der Waals surface area contributed by atoms with Gasteiger partial charge in [-0.3, -0.25) is 9.97 Å². The molecule has 8 heterocycles. The van der Waals surface area contributed by atoms with Gasteiger partial charge in [0.1, 0.15) is 0 Å². The average molecular weight is 587 g/mol. The third-order valence-corrected chi connectivity index (χ3v) is 7.83. The Kier molecular flexibility index (Phi) is 8.05. The third kappa shape index (κ3) is 6.23. The van der Waals surface area contributed by atoms with Crippen molar-refractivity contribution in [2.45, 2.75) is 38.8 Å². The van der Waals surface area contributed by atoms with E-state index in [1.807, 2.05) is 38.4 Å². The Balaban J connectivity index is 0.000000120. The fourth-order valence-corrected chi connectivity index (χ4v) is 5.49. The van der Waals surface area contributed by atoms with E-state index in [-0.39, 0.29) is 0 Å². The van der Waals surface area contributed by atoms with Gasteiger partial charge in [-0.05, 0) is 56.5 Å². The molecule has 2 atom stereocenters. The smallest absolute Gasteiger partial charge is 0.423 e. The number of anilines is 4. The summed E-state index contributed by atoms with van der Waals surface area (Å²) in [6.45, 7) is 8.15. The van der Waals surface area contributed by atoms with Crippen molar-refractivity contribution in [3.8, 4) is 11.4 Å². The van der Waals surface area contributed by atoms with Crippen molar-refractivity contribution in [1.82, 2.24) is 29.9 Å². The first-order valence-electron chi connectivity index (χ1n) is 14.0. The van der Waals surface area contributed by atoms with Crippen LogP contribution < -0.4 is 25.9 Å². The van der Waals surface area contributed by atoms with Crippen molar-refractivity contribution in [2.75, 3.05) is 46.6 Å². The van der Waals surface area contributed by atoms with E-state index in [9.17, 15) is 0 Å². The summed E-state index contributed by atoms with van der Waals surface area (Å²) in [5.41, 5.74) is 5.46. The molecular weight excluding hydrogens is 555 g/mol. The molecule has 216 valence electrons. The molecule has 4 bridgehead atoms. The van der Waals surface area contributed by atoms with E-state index in [0.29, 0.717) is 22.8 Å². The summed E-state index contributed by atoms with van der Waals surface area (Å²) in [5.74, 6) is 2.58. The Labute approximate surface area is 249 Å². The highest BCUT2D eigenvalue weighted by Crippen LogP contribution is 2.35. The van der Waals surface area contributed by atoms with E-state index in [0.717, 1.165) is 72.0 Å². The van der Waals surface area contributed by atoms with Gasteiger partial charge in [-0.2, -0.15) is 4.98 Å². The summed E-state index contributed by atoms with van der Waals surface area (Å²) in [6.07, 6.45) is 9.34. The molecule has 4 aromatic rings. The predicted octanol–water partition coefficient (Wildman–Crippen LogP) is 2.06. The van der Waals surface area contributed by atoms with Crippen LogP contribution in [-0.2, 0) is 0 Å². The Morgan fingerprint density at radius 3 is 1.93 bits per heavy atom. The summed E-state index contributed by atoms with van der Waals surface area (Å²) < 4.78 is 0. The van der Waals surface area contributed by atoms with Crippen LogP contribution in [0.25, 0.3) is 11.4 Å². The van der Waals surface area contributed by atoms with Crippen molar-refractivity contribution in [2.24, 2.45) is 0 Å². The van der Waals surface area contributed by atoms with Gasteiger partial charge in [0.2, 0.25) is 5.28 Å². The van der Waals surface area contributed by atoms with Crippen molar-refractivity contribution < 1.29 is 10.0 Å². The first-order valence-corrected chi connectivity index (χ1v) is 14.3. The van der Waals surface area contributed by atoms with Crippen LogP contribution in [0.4, 0.5) is 23.0 Å². The standard InChI is InChI=1S/C14H15N5.C8H9ClN4.C6H8BNO2/c1-9-2-3-10(6-15-9)13-16-7-12-14(18-13)17-11-4-5-19(12)8-11;9-8-10-3-6-7(12-8)11-5-1-2-13(6)4-5;1-5-2-3-6(4-8-5)7(9)10/h2-3,6-7,11H,4-5,8H2,1H3,(H,16,17,18);3,5H,1-2,4H2,(H,10,11,12);2-4,9-10H,1H3/t11-;5-;/m00./s1. The van der Waals surface area contributed by atoms with E-state index >= 15 is 0 Å². The lowest BCUT2D eigenvalue weighted by Gasteiger charge is -2.27. The lowest BCUT2D eigenvalue weighted by Crippen LogP contribution is -2.32. The molecule has 0 saturated carbocycles. The average Bonchev–Trinajstić information content (AvgIpc) is 3.57. The minimum Gasteiger partial charge on any atom is -0.423 e. The predicted molar refractivity (Wildman–Crippen MR) is 164 cm³/mol. The Bertz CT molecular complexity index is 1540. The van der Waals surface area contributed by atoms with Crippen molar-refractivity contribution >= 4 is 47.2 Å². The van der Waals surface area contributed by atoms with Crippen molar-refractivity contribution in [3.63, 3.8) is 0 Å². The first kappa shape index (κ1) is 28.1. The summed E-state index contributed by atoms with van der Waals surface area (Å²) in [4.78, 5) is 30.1. The Morgan fingerprint density at radius 1 is 0.762 bits per heavy atom. The molecule has 14 heteroatoms. The van der Waals surface area contributed by atoms with Gasteiger partial charge in [-0.1, -0.05) is 6.07 Å². The number of fused-ring (bicyclic) bond motifs is 8. The molecule has 8 rings (SSSR count). The molecule has 0 amide bonds. The van der Waals surface area contributed by atoms with Crippen LogP contribution in [0.2, 0.25) is 5.28 Å². The normalized spacial score (nSPS) is 18.8. The van der Waals surface area contributed by atoms with Crippen LogP contribution in [-0.4, -0.2) is 85.3 Å². The molecule has 0 aromatic carbocycles. The van der Waals surface area contributed by atoms with Crippen molar-refractivity contribution in [3.05, 3.63) is 65.7 Å². The Hall–Kier alpha value is -4.07. The monoisotopic (exact) mass is 586 g/mol. The van der Waals surface area contributed by atoms with Gasteiger partial charge in [0.05, 0.1) is 23.8 Å². The summed E-state index contributed by atoms with van der Waals surface area (Å²) in [6, 6.07) is 8.44. The number of aryl methyl sites for hydroxylation is 2. The zero-order chi connectivity index (χ0) is 29.2. The molecule has 42 heavy (non-hydrogen) atoms. The maximum absolute atomic E-state index is 8.63. The van der Waals surface area contributed by atoms with Crippen LogP contribution in [0.1, 0.15) is 24.2 Å². The van der Waals surface area contributed by atoms with Crippen molar-refractivity contribution in [1.29, 1.82) is 0 Å². The van der Waals surface area contributed by atoms with Gasteiger partial charge in [0.15, 0.2) is 17.5 Å². The molecule has 0 aliphatic carbocycles. The second-order valence-electron chi connectivity index (χ2n) is 10.7. The highest BCUT2D eigenvalue weighted by molar-refractivity contribution is 6.58. The second-order valence-corrected chi connectivity index (χ2v) is 11.1. The maximum Gasteiger partial charge on any atom is 0.490 e. The van der Waals surface area contributed by atoms with E-state index in [4.69, 9.17) is 21.6 Å². The molecule has 12 nitrogen and oxygen atoms in total. The molecule has 0 radical (unpaired) electrons. The number of aromatic nitrogens is 6. The highest BCUT2D eigenvalue weighted by Gasteiger charge is 2.32. The second kappa shape index (κ2) is 12.0. The fraction of sp³-hybridized carbons (Fsp3) is 0.357. The number of rotatable bonds is 2. The molecule has 2 saturated heterocycles. The number of pyridine rings is 2. The molecule has 0 spiro atoms. The van der Waals surface area contributed by atoms with Gasteiger partial charge in [0, 0.05) is 73.1 Å². The fourth-order valence-electron chi connectivity index (χ4n) is 5.36. The van der Waals surface area contributed by atoms with Gasteiger partial charge in [-0.25, -0.2) is 15.0 Å². The van der Waals surface area contributed by atoms with E-state index in [1.54, 1.807) is 18.3 Å². The van der Waals surface area contributed by atoms with Gasteiger partial charge < -0.3 is 30.5 Å². The highest BCUT2D eigenvalue weighted by atomic mass is 35.5. The SMILES string of the molecule is Cc1ccc(-c2ncc3c(n2)N[C@H]2CCN3C2)cn1.Cc1ccc(B(O)O)cn1.Clc1ncc2c(n1)N[C@H]1CCN2C1. The summed E-state index contributed by atoms with van der Waals surface area (Å²) in [5, 5.41) is 24.4. The molecule has 4 N–H and O–H groups in total. The lowest BCUT2D eigenvalue weighted by atomic mass is 9.82. The van der Waals surface area contributed by atoms with Crippen LogP contribution in [0.5, 0.6) is 0 Å². The number of halogens is 1. The number of nitrogens with one attached hydrogen (secondary N) is 2. The number of nitrogens with zero attached hydrogens (tertiary/aromatic N) is 8. The van der Waals surface area contributed by atoms with Crippen LogP contribution in [0.3, 0.4) is 0 Å². The molecule has 0 unspecified atom stereocenters. The van der Waals surface area contributed by atoms with E-state index in [2.05, 4.69) is 50.3 Å². The minimum atomic E-state index is -1.41. The maximum atomic E-state index is 8.63. The minimum absolute atomic E-state index is 0.314. The number of hydrogen-bond acceptors (Lipinski definition) is 12. The molecule has 4 aliphatic heterocycles. The van der Waals surface area contributed by atoms with E-state index in [1.165, 1.54) is 19.0 Å². The van der Waals surface area contributed by atoms with Crippen LogP contribution in [0.15, 0.2) is 49.1 Å².